The van der Waals surface area contributed by atoms with Crippen molar-refractivity contribution in [1.82, 2.24) is 16.0 Å². The number of hydrogen-bond donors (Lipinski definition) is 33. The van der Waals surface area contributed by atoms with Gasteiger partial charge in [-0.1, -0.05) is 0 Å². The van der Waals surface area contributed by atoms with E-state index in [0.29, 0.717) is 0 Å². The molecule has 10 aliphatic heterocycles. The molecule has 0 radical (unpaired) electrons. The molecule has 10 heterocycles. The van der Waals surface area contributed by atoms with E-state index < -0.39 is 408 Å². The zero-order chi connectivity index (χ0) is 94.5. The second kappa shape index (κ2) is 46.5. The van der Waals surface area contributed by atoms with Crippen LogP contribution in [0.5, 0.6) is 0 Å². The first-order chi connectivity index (χ1) is 60.4. The van der Waals surface area contributed by atoms with Gasteiger partial charge in [0.2, 0.25) is 17.7 Å². The third-order valence-electron chi connectivity index (χ3n) is 23.7. The molecule has 10 rings (SSSR count). The molecule has 0 bridgehead atoms. The highest BCUT2D eigenvalue weighted by Crippen LogP contribution is 2.42. The quantitative estimate of drug-likeness (QED) is 0.0280. The summed E-state index contributed by atoms with van der Waals surface area (Å²) in [6, 6.07) is -6.20. The van der Waals surface area contributed by atoms with Gasteiger partial charge in [0.25, 0.3) is 0 Å². The van der Waals surface area contributed by atoms with Crippen LogP contribution in [-0.4, -0.2) is 562 Å². The first kappa shape index (κ1) is 106. The van der Waals surface area contributed by atoms with Crippen LogP contribution < -0.4 is 16.0 Å². The van der Waals surface area contributed by atoms with Gasteiger partial charge in [-0.2, -0.15) is 0 Å². The average Bonchev–Trinajstić information content (AvgIpc) is 0.761. The van der Waals surface area contributed by atoms with E-state index >= 15 is 0 Å². The molecule has 54 atom stereocenters. The number of aliphatic hydroxyl groups excluding tert-OH is 30. The van der Waals surface area contributed by atoms with Crippen molar-refractivity contribution in [3.63, 3.8) is 0 Å². The summed E-state index contributed by atoms with van der Waals surface area (Å²) in [6.45, 7) is -4.57. The Morgan fingerprint density at radius 1 is 0.266 bits per heavy atom. The van der Waals surface area contributed by atoms with Gasteiger partial charge in [0.15, 0.2) is 62.9 Å². The number of aliphatic hydroxyl groups is 30. The van der Waals surface area contributed by atoms with Crippen LogP contribution in [0.3, 0.4) is 0 Å². The minimum atomic E-state index is -2.60. The van der Waals surface area contributed by atoms with Crippen molar-refractivity contribution in [2.75, 3.05) is 59.5 Å². The summed E-state index contributed by atoms with van der Waals surface area (Å²) in [6.07, 6.45) is -108. The molecule has 0 unspecified atom stereocenters. The van der Waals surface area contributed by atoms with Crippen LogP contribution in [-0.2, 0) is 109 Å². The minimum absolute atomic E-state index is 0.888. The van der Waals surface area contributed by atoms with E-state index in [1.165, 1.54) is 20.8 Å². The Kier molecular flexibility index (Phi) is 38.7. The lowest BCUT2D eigenvalue weighted by Crippen LogP contribution is -2.72. The lowest BCUT2D eigenvalue weighted by atomic mass is 9.93. The molecule has 56 nitrogen and oxygen atoms in total. The Morgan fingerprint density at radius 3 is 0.836 bits per heavy atom. The third-order valence-corrected chi connectivity index (χ3v) is 23.7. The monoisotopic (exact) mass is 1880 g/mol. The Balaban J connectivity index is 1.01. The van der Waals surface area contributed by atoms with Crippen molar-refractivity contribution in [3.8, 4) is 0 Å². The second-order valence-electron chi connectivity index (χ2n) is 32.8. The molecular weight excluding hydrogens is 1750 g/mol. The number of carbonyl (C=O) groups is 3. The molecule has 10 saturated heterocycles. The van der Waals surface area contributed by atoms with Crippen molar-refractivity contribution < 1.29 is 262 Å². The van der Waals surface area contributed by atoms with Crippen LogP contribution in [0.15, 0.2) is 0 Å². The first-order valence-corrected chi connectivity index (χ1v) is 41.2. The van der Waals surface area contributed by atoms with Crippen LogP contribution in [0.2, 0.25) is 0 Å². The van der Waals surface area contributed by atoms with Crippen molar-refractivity contribution >= 4 is 17.7 Å². The second-order valence-corrected chi connectivity index (χ2v) is 32.8. The average molecular weight is 1880 g/mol. The van der Waals surface area contributed by atoms with Crippen molar-refractivity contribution in [2.45, 2.75) is 373 Å². The van der Waals surface area contributed by atoms with E-state index in [2.05, 4.69) is 16.0 Å². The van der Waals surface area contributed by atoms with E-state index in [1.807, 2.05) is 0 Å². The van der Waals surface area contributed by atoms with Crippen LogP contribution in [0.1, 0.15) is 41.5 Å². The fourth-order valence-electron chi connectivity index (χ4n) is 16.5. The summed E-state index contributed by atoms with van der Waals surface area (Å²) in [5.41, 5.74) is 0. The SMILES string of the molecule is CC(=O)N[C@H]1[C@H](O[C@H]2[C@@H](O)[C@@H](CO)O[C@@H](O[C@H]3[C@H](O[C@@H]4O[C@@H](C)[C@@H](O)[C@@H](O)[C@@H]4O)[C@@H](NC(C)=O)[C@H](OC[C@H]4O[C@@H](O[C@@H]([C@H](O)[C@@H](O)CO)[C@H](O)CO)[C@H](O)[C@@H](O[C@@H]5O[C@H](CO)[C@@H](O[C@@H]6O[C@H](CO)[C@H](O)[C@H](O)[C@H]6O)[C@H](O[C@@H]6O[C@@H](C)[C@@H](O)[C@@H](O)[C@@H]6O)[C@H]5NC(C)=O)[C@H]4O)O[C@@H]3CO)[C@@H]2O)O[C@H](CO)[C@@H](O[C@@H]2O[C@@H](C)[C@@H](O)[C@@H](O)[C@@H]2O)[C@@H]1O[C@@H]1O[C@H](CO)[C@H](O)[C@H](O)[C@H]1O. The first-order valence-electron chi connectivity index (χ1n) is 41.2. The molecule has 33 N–H and O–H groups in total. The molecule has 10 fully saturated rings. The predicted octanol–water partition coefficient (Wildman–Crippen LogP) is -21.8. The number of hydrogen-bond acceptors (Lipinski definition) is 53. The maximum Gasteiger partial charge on any atom is 0.217 e. The van der Waals surface area contributed by atoms with Gasteiger partial charge in [0, 0.05) is 20.8 Å². The summed E-state index contributed by atoms with van der Waals surface area (Å²) >= 11 is 0. The molecule has 3 amide bonds. The number of rotatable bonds is 35. The molecule has 0 aromatic heterocycles. The standard InChI is InChI=1S/C72H123N3O53/c1-16-34(89)42(97)47(102)66(110-16)121-56-28(13-82)117-64(33(75-21(6)86)60(56)126-70-51(106)46(101)39(94)25(10-79)114-70)127-61-40(95)26(11-80)115-71(52(61)107)123-55-27(12-81)116-63(31(73-19(4)84)58(55)124-67-48(103)43(98)35(90)17(2)111-67)109-15-30-41(96)62(53(108)72(119-30)120-54(23(88)8-77)37(92)22(87)7-76)128-65-32(74-20(5)85)59(125-68-49(104)44(99)36(91)18(3)112-68)57(29(14-83)118-65)122-69-50(105)45(100)38(93)24(9-78)113-69/h16-18,22-72,76-83,87-108H,7-15H2,1-6H3,(H,73,84)(H,74,85)(H,75,86)/t16-,17-,18-,22-,23+,24+,25+,26+,27+,28+,29+,30+,31+,32+,33+,34+,35+,36+,37+,38-,39-,40-,41-,42+,43+,44+,45-,46-,47-,48-,49-,50+,51+,52+,53+,54+,55+,56+,57+,58+,59+,60+,61-,62-,63+,64-,65-,66-,67-,68-,69-,70-,71-,72-/m0/s1. The van der Waals surface area contributed by atoms with Gasteiger partial charge in [-0.25, -0.2) is 0 Å². The van der Waals surface area contributed by atoms with Crippen molar-refractivity contribution in [1.29, 1.82) is 0 Å². The van der Waals surface area contributed by atoms with Crippen LogP contribution in [0, 0.1) is 0 Å². The Labute approximate surface area is 726 Å². The smallest absolute Gasteiger partial charge is 0.217 e. The molecule has 0 aromatic rings. The molecule has 0 saturated carbocycles. The highest BCUT2D eigenvalue weighted by atomic mass is 16.8. The minimum Gasteiger partial charge on any atom is -0.394 e. The van der Waals surface area contributed by atoms with E-state index in [-0.39, 0.29) is 0 Å². The molecule has 128 heavy (non-hydrogen) atoms. The third kappa shape index (κ3) is 23.4. The van der Waals surface area contributed by atoms with Gasteiger partial charge >= 0.3 is 0 Å². The van der Waals surface area contributed by atoms with E-state index in [9.17, 15) is 168 Å². The highest BCUT2D eigenvalue weighted by Gasteiger charge is 2.63. The van der Waals surface area contributed by atoms with E-state index in [4.69, 9.17) is 94.7 Å². The van der Waals surface area contributed by atoms with Gasteiger partial charge in [-0.15, -0.1) is 0 Å². The molecule has 0 spiro atoms. The van der Waals surface area contributed by atoms with Crippen LogP contribution in [0.4, 0.5) is 0 Å². The zero-order valence-corrected chi connectivity index (χ0v) is 69.3. The predicted molar refractivity (Wildman–Crippen MR) is 395 cm³/mol. The molecule has 0 aliphatic carbocycles. The van der Waals surface area contributed by atoms with Gasteiger partial charge in [-0.3, -0.25) is 14.4 Å². The van der Waals surface area contributed by atoms with Gasteiger partial charge in [-0.05, 0) is 20.8 Å². The Morgan fingerprint density at radius 2 is 0.516 bits per heavy atom. The van der Waals surface area contributed by atoms with Crippen molar-refractivity contribution in [2.24, 2.45) is 0 Å². The van der Waals surface area contributed by atoms with Gasteiger partial charge in [0.05, 0.1) is 77.8 Å². The summed E-state index contributed by atoms with van der Waals surface area (Å²) in [4.78, 5) is 40.8. The fraction of sp³-hybridized carbons (Fsp3) is 0.958. The zero-order valence-electron chi connectivity index (χ0n) is 69.3. The maximum atomic E-state index is 13.8. The summed E-state index contributed by atoms with van der Waals surface area (Å²) in [5.74, 6) is -3.11. The van der Waals surface area contributed by atoms with Gasteiger partial charge in [0.1, 0.15) is 250 Å². The Hall–Kier alpha value is -3.59. The number of ether oxygens (including phenoxy) is 20. The van der Waals surface area contributed by atoms with E-state index in [1.54, 1.807) is 0 Å². The maximum absolute atomic E-state index is 13.8. The topological polar surface area (TPSA) is 879 Å². The molecular formula is C72H123N3O53. The highest BCUT2D eigenvalue weighted by molar-refractivity contribution is 5.74. The molecule has 744 valence electrons. The number of amides is 3. The van der Waals surface area contributed by atoms with Crippen LogP contribution >= 0.6 is 0 Å². The lowest BCUT2D eigenvalue weighted by molar-refractivity contribution is -0.396. The largest absolute Gasteiger partial charge is 0.394 e. The molecule has 0 aromatic carbocycles. The normalized spacial score (nSPS) is 49.0. The van der Waals surface area contributed by atoms with Crippen LogP contribution in [0.25, 0.3) is 0 Å². The van der Waals surface area contributed by atoms with Gasteiger partial charge < -0.3 is 264 Å². The van der Waals surface area contributed by atoms with Crippen molar-refractivity contribution in [3.05, 3.63) is 0 Å². The molecule has 10 aliphatic rings. The summed E-state index contributed by atoms with van der Waals surface area (Å²) in [5, 5.41) is 341. The summed E-state index contributed by atoms with van der Waals surface area (Å²) in [7, 11) is 0. The summed E-state index contributed by atoms with van der Waals surface area (Å²) < 4.78 is 121. The lowest BCUT2D eigenvalue weighted by Gasteiger charge is -2.52. The fourth-order valence-corrected chi connectivity index (χ4v) is 16.5. The Bertz CT molecular complexity index is 3400. The number of carbonyl (C=O) groups excluding carboxylic acids is 3. The van der Waals surface area contributed by atoms with E-state index in [0.717, 1.165) is 20.8 Å². The molecule has 56 heteroatoms. The number of nitrogens with one attached hydrogen (secondary N) is 3.